The summed E-state index contributed by atoms with van der Waals surface area (Å²) in [6.45, 7) is 0. The second-order valence-corrected chi connectivity index (χ2v) is 6.43. The van der Waals surface area contributed by atoms with Crippen molar-refractivity contribution in [1.82, 2.24) is 5.06 Å². The molecule has 0 spiro atoms. The molecule has 0 aliphatic heterocycles. The summed E-state index contributed by atoms with van der Waals surface area (Å²) in [5.41, 5.74) is 1.57. The number of carbonyl (C=O) groups is 1. The molecule has 6 heteroatoms. The lowest BCUT2D eigenvalue weighted by atomic mass is 10.0. The summed E-state index contributed by atoms with van der Waals surface area (Å²) in [6.07, 6.45) is 0. The Morgan fingerprint density at radius 1 is 0.960 bits per heavy atom. The Morgan fingerprint density at radius 3 is 2.20 bits per heavy atom. The Balaban J connectivity index is 2.22. The molecule has 0 unspecified atom stereocenters. The average molecular weight is 357 g/mol. The van der Waals surface area contributed by atoms with Crippen LogP contribution in [0, 0.1) is 0 Å². The van der Waals surface area contributed by atoms with E-state index in [1.54, 1.807) is 32.6 Å². The summed E-state index contributed by atoms with van der Waals surface area (Å²) in [4.78, 5) is 18.9. The van der Waals surface area contributed by atoms with E-state index in [9.17, 15) is 4.79 Å². The maximum atomic E-state index is 12.9. The zero-order valence-electron chi connectivity index (χ0n) is 14.5. The largest absolute Gasteiger partial charge is 0.497 e. The van der Waals surface area contributed by atoms with Gasteiger partial charge in [0, 0.05) is 22.0 Å². The minimum Gasteiger partial charge on any atom is -0.497 e. The van der Waals surface area contributed by atoms with Crippen LogP contribution in [0.1, 0.15) is 10.4 Å². The molecule has 130 valence electrons. The number of hydrogen-bond donors (Lipinski definition) is 0. The standard InChI is InChI=1S/C19H19NO4S/c1-20(24-4)19(21)17-15-10-9-14(23-3)11-16(15)25-18(17)12-5-7-13(22-2)8-6-12/h5-11H,1-4H3. The van der Waals surface area contributed by atoms with Crippen LogP contribution in [0.3, 0.4) is 0 Å². The second-order valence-electron chi connectivity index (χ2n) is 5.38. The number of carbonyl (C=O) groups excluding carboxylic acids is 1. The molecule has 0 saturated heterocycles. The first-order chi connectivity index (χ1) is 12.1. The maximum absolute atomic E-state index is 12.9. The highest BCUT2D eigenvalue weighted by molar-refractivity contribution is 7.22. The Labute approximate surface area is 150 Å². The van der Waals surface area contributed by atoms with Crippen LogP contribution >= 0.6 is 11.3 Å². The van der Waals surface area contributed by atoms with E-state index in [1.165, 1.54) is 12.2 Å². The van der Waals surface area contributed by atoms with Gasteiger partial charge in [0.05, 0.1) is 26.9 Å². The summed E-state index contributed by atoms with van der Waals surface area (Å²) < 4.78 is 11.5. The van der Waals surface area contributed by atoms with E-state index >= 15 is 0 Å². The van der Waals surface area contributed by atoms with Gasteiger partial charge in [-0.15, -0.1) is 11.3 Å². The highest BCUT2D eigenvalue weighted by Crippen LogP contribution is 2.41. The van der Waals surface area contributed by atoms with Crippen molar-refractivity contribution in [2.75, 3.05) is 28.4 Å². The van der Waals surface area contributed by atoms with Gasteiger partial charge in [0.15, 0.2) is 0 Å². The lowest BCUT2D eigenvalue weighted by molar-refractivity contribution is -0.0755. The lowest BCUT2D eigenvalue weighted by Crippen LogP contribution is -2.25. The van der Waals surface area contributed by atoms with Gasteiger partial charge in [-0.2, -0.15) is 0 Å². The topological polar surface area (TPSA) is 48.0 Å². The van der Waals surface area contributed by atoms with Gasteiger partial charge in [-0.25, -0.2) is 5.06 Å². The van der Waals surface area contributed by atoms with Crippen molar-refractivity contribution in [3.05, 3.63) is 48.0 Å². The van der Waals surface area contributed by atoms with Gasteiger partial charge in [-0.3, -0.25) is 9.63 Å². The van der Waals surface area contributed by atoms with Crippen LogP contribution in [0.5, 0.6) is 11.5 Å². The molecule has 3 aromatic rings. The summed E-state index contributed by atoms with van der Waals surface area (Å²) in [7, 11) is 6.34. The van der Waals surface area contributed by atoms with Crippen LogP contribution in [0.25, 0.3) is 20.5 Å². The van der Waals surface area contributed by atoms with E-state index in [4.69, 9.17) is 14.3 Å². The van der Waals surface area contributed by atoms with Gasteiger partial charge in [0.1, 0.15) is 11.5 Å². The Kier molecular flexibility index (Phi) is 4.92. The molecule has 0 aliphatic carbocycles. The molecular weight excluding hydrogens is 338 g/mol. The summed E-state index contributed by atoms with van der Waals surface area (Å²) >= 11 is 1.55. The van der Waals surface area contributed by atoms with Gasteiger partial charge in [0.25, 0.3) is 5.91 Å². The zero-order chi connectivity index (χ0) is 18.0. The predicted molar refractivity (Wildman–Crippen MR) is 99.5 cm³/mol. The SMILES string of the molecule is COc1ccc(-c2sc3cc(OC)ccc3c2C(=O)N(C)OC)cc1. The van der Waals surface area contributed by atoms with Crippen molar-refractivity contribution < 1.29 is 19.1 Å². The quantitative estimate of drug-likeness (QED) is 0.642. The highest BCUT2D eigenvalue weighted by Gasteiger charge is 2.23. The number of methoxy groups -OCH3 is 2. The lowest BCUT2D eigenvalue weighted by Gasteiger charge is -2.14. The molecule has 2 aromatic carbocycles. The molecule has 0 atom stereocenters. The Morgan fingerprint density at radius 2 is 1.60 bits per heavy atom. The van der Waals surface area contributed by atoms with Crippen LogP contribution in [-0.4, -0.2) is 39.3 Å². The molecule has 0 radical (unpaired) electrons. The highest BCUT2D eigenvalue weighted by atomic mass is 32.1. The summed E-state index contributed by atoms with van der Waals surface area (Å²) in [5.74, 6) is 1.34. The van der Waals surface area contributed by atoms with E-state index < -0.39 is 0 Å². The van der Waals surface area contributed by atoms with Crippen LogP contribution in [0.4, 0.5) is 0 Å². The van der Waals surface area contributed by atoms with E-state index in [0.29, 0.717) is 5.56 Å². The van der Waals surface area contributed by atoms with Gasteiger partial charge in [-0.1, -0.05) is 0 Å². The molecule has 25 heavy (non-hydrogen) atoms. The van der Waals surface area contributed by atoms with Crippen molar-refractivity contribution in [2.45, 2.75) is 0 Å². The first kappa shape index (κ1) is 17.3. The average Bonchev–Trinajstić information content (AvgIpc) is 3.05. The molecular formula is C19H19NO4S. The van der Waals surface area contributed by atoms with E-state index in [0.717, 1.165) is 32.0 Å². The van der Waals surface area contributed by atoms with E-state index in [1.807, 2.05) is 42.5 Å². The smallest absolute Gasteiger partial charge is 0.279 e. The van der Waals surface area contributed by atoms with Crippen molar-refractivity contribution >= 4 is 27.3 Å². The van der Waals surface area contributed by atoms with Crippen LogP contribution in [-0.2, 0) is 4.84 Å². The first-order valence-electron chi connectivity index (χ1n) is 7.66. The number of rotatable bonds is 5. The van der Waals surface area contributed by atoms with Gasteiger partial charge >= 0.3 is 0 Å². The number of benzene rings is 2. The number of ether oxygens (including phenoxy) is 2. The van der Waals surface area contributed by atoms with Crippen LogP contribution in [0.15, 0.2) is 42.5 Å². The first-order valence-corrected chi connectivity index (χ1v) is 8.47. The second kappa shape index (κ2) is 7.13. The molecule has 3 rings (SSSR count). The van der Waals surface area contributed by atoms with Crippen molar-refractivity contribution in [3.8, 4) is 21.9 Å². The monoisotopic (exact) mass is 357 g/mol. The fourth-order valence-corrected chi connectivity index (χ4v) is 3.83. The van der Waals surface area contributed by atoms with Crippen molar-refractivity contribution in [1.29, 1.82) is 0 Å². The maximum Gasteiger partial charge on any atom is 0.279 e. The number of fused-ring (bicyclic) bond motifs is 1. The Hall–Kier alpha value is -2.57. The number of hydrogen-bond acceptors (Lipinski definition) is 5. The minimum atomic E-state index is -0.190. The van der Waals surface area contributed by atoms with Gasteiger partial charge in [-0.05, 0) is 48.0 Å². The van der Waals surface area contributed by atoms with Gasteiger partial charge < -0.3 is 9.47 Å². The van der Waals surface area contributed by atoms with Gasteiger partial charge in [0.2, 0.25) is 0 Å². The predicted octanol–water partition coefficient (Wildman–Crippen LogP) is 4.22. The number of thiophene rings is 1. The molecule has 1 heterocycles. The molecule has 0 aliphatic rings. The Bertz CT molecular complexity index is 902. The molecule has 0 bridgehead atoms. The summed E-state index contributed by atoms with van der Waals surface area (Å²) in [6, 6.07) is 13.4. The molecule has 1 amide bonds. The fraction of sp³-hybridized carbons (Fsp3) is 0.211. The molecule has 5 nitrogen and oxygen atoms in total. The van der Waals surface area contributed by atoms with Crippen molar-refractivity contribution in [3.63, 3.8) is 0 Å². The number of nitrogens with zero attached hydrogens (tertiary/aromatic N) is 1. The number of hydroxylamine groups is 2. The number of amides is 1. The molecule has 0 saturated carbocycles. The molecule has 0 fully saturated rings. The van der Waals surface area contributed by atoms with E-state index in [2.05, 4.69) is 0 Å². The van der Waals surface area contributed by atoms with Crippen LogP contribution < -0.4 is 9.47 Å². The zero-order valence-corrected chi connectivity index (χ0v) is 15.3. The third-order valence-electron chi connectivity index (χ3n) is 4.02. The van der Waals surface area contributed by atoms with Crippen LogP contribution in [0.2, 0.25) is 0 Å². The minimum absolute atomic E-state index is 0.190. The normalized spacial score (nSPS) is 10.7. The van der Waals surface area contributed by atoms with E-state index in [-0.39, 0.29) is 5.91 Å². The third-order valence-corrected chi connectivity index (χ3v) is 5.22. The summed E-state index contributed by atoms with van der Waals surface area (Å²) in [5, 5.41) is 2.11. The molecule has 0 N–H and O–H groups in total. The van der Waals surface area contributed by atoms with Crippen molar-refractivity contribution in [2.24, 2.45) is 0 Å². The third kappa shape index (κ3) is 3.18. The fourth-order valence-electron chi connectivity index (χ4n) is 2.60. The molecule has 1 aromatic heterocycles.